The van der Waals surface area contributed by atoms with Crippen LogP contribution in [0.3, 0.4) is 0 Å². The number of aryl methyl sites for hydroxylation is 1. The van der Waals surface area contributed by atoms with Crippen molar-refractivity contribution in [3.63, 3.8) is 0 Å². The second kappa shape index (κ2) is 13.0. The Kier molecular flexibility index (Phi) is 10.3. The van der Waals surface area contributed by atoms with Crippen LogP contribution in [0.2, 0.25) is 0 Å². The predicted molar refractivity (Wildman–Crippen MR) is 142 cm³/mol. The highest BCUT2D eigenvalue weighted by Crippen LogP contribution is 2.39. The van der Waals surface area contributed by atoms with E-state index in [1.807, 2.05) is 43.3 Å². The lowest BCUT2D eigenvalue weighted by Gasteiger charge is -2.43. The van der Waals surface area contributed by atoms with E-state index in [9.17, 15) is 19.8 Å². The lowest BCUT2D eigenvalue weighted by molar-refractivity contribution is -0.233. The van der Waals surface area contributed by atoms with Gasteiger partial charge in [0.25, 0.3) is 0 Å². The molecule has 8 heteroatoms. The Labute approximate surface area is 223 Å². The van der Waals surface area contributed by atoms with E-state index in [0.717, 1.165) is 21.6 Å². The monoisotopic (exact) mass is 530 g/mol. The summed E-state index contributed by atoms with van der Waals surface area (Å²) in [6, 6.07) is 15.7. The Balaban J connectivity index is 1.92. The maximum Gasteiger partial charge on any atom is 0.306 e. The molecule has 2 aromatic rings. The fraction of sp³-hybridized carbons (Fsp3) is 0.517. The Morgan fingerprint density at radius 3 is 2.38 bits per heavy atom. The number of ether oxygens (including phenoxy) is 3. The summed E-state index contributed by atoms with van der Waals surface area (Å²) in [5, 5.41) is 21.0. The van der Waals surface area contributed by atoms with E-state index >= 15 is 0 Å². The summed E-state index contributed by atoms with van der Waals surface area (Å²) in [6.07, 6.45) is -4.07. The zero-order valence-corrected chi connectivity index (χ0v) is 23.0. The van der Waals surface area contributed by atoms with Crippen molar-refractivity contribution in [2.75, 3.05) is 6.61 Å². The SMILES string of the molecule is CC(=O)CCC(=O)O[C@@H]1[C@@H](OCc2ccccc2)[C@H](O)[C@@H](CO)O[C@H]1Sc1cc(C(C)(C)C)ccc1C. The smallest absolute Gasteiger partial charge is 0.306 e. The number of thioether (sulfide) groups is 1. The van der Waals surface area contributed by atoms with Crippen molar-refractivity contribution in [3.8, 4) is 0 Å². The number of Topliss-reactive ketones (excluding diaryl/α,β-unsaturated/α-hetero) is 1. The van der Waals surface area contributed by atoms with Crippen molar-refractivity contribution in [3.05, 3.63) is 65.2 Å². The maximum absolute atomic E-state index is 12.7. The van der Waals surface area contributed by atoms with Gasteiger partial charge in [0.2, 0.25) is 0 Å². The molecule has 2 N–H and O–H groups in total. The van der Waals surface area contributed by atoms with Crippen LogP contribution >= 0.6 is 11.8 Å². The molecular formula is C29H38O7S. The van der Waals surface area contributed by atoms with Gasteiger partial charge in [-0.15, -0.1) is 0 Å². The molecule has 37 heavy (non-hydrogen) atoms. The number of aliphatic hydroxyl groups excluding tert-OH is 2. The van der Waals surface area contributed by atoms with E-state index in [4.69, 9.17) is 14.2 Å². The number of benzene rings is 2. The van der Waals surface area contributed by atoms with Crippen molar-refractivity contribution >= 4 is 23.5 Å². The lowest BCUT2D eigenvalue weighted by Crippen LogP contribution is -2.59. The third-order valence-electron chi connectivity index (χ3n) is 6.33. The molecule has 0 aromatic heterocycles. The summed E-state index contributed by atoms with van der Waals surface area (Å²) in [6.45, 7) is 9.57. The number of aliphatic hydroxyl groups is 2. The van der Waals surface area contributed by atoms with Crippen LogP contribution in [0.4, 0.5) is 0 Å². The lowest BCUT2D eigenvalue weighted by atomic mass is 9.87. The first-order chi connectivity index (χ1) is 17.5. The normalized spacial score (nSPS) is 24.0. The van der Waals surface area contributed by atoms with Gasteiger partial charge in [0.15, 0.2) is 6.10 Å². The fourth-order valence-electron chi connectivity index (χ4n) is 4.03. The summed E-state index contributed by atoms with van der Waals surface area (Å²) in [4.78, 5) is 25.1. The molecule has 7 nitrogen and oxygen atoms in total. The molecular weight excluding hydrogens is 492 g/mol. The van der Waals surface area contributed by atoms with Crippen LogP contribution in [-0.2, 0) is 35.8 Å². The van der Waals surface area contributed by atoms with Gasteiger partial charge in [-0.05, 0) is 42.0 Å². The highest BCUT2D eigenvalue weighted by molar-refractivity contribution is 7.99. The average Bonchev–Trinajstić information content (AvgIpc) is 2.85. The van der Waals surface area contributed by atoms with Crippen molar-refractivity contribution in [2.45, 2.75) is 94.2 Å². The fourth-order valence-corrected chi connectivity index (χ4v) is 5.27. The molecule has 0 spiro atoms. The number of esters is 1. The molecule has 3 rings (SSSR count). The number of carbonyl (C=O) groups excluding carboxylic acids is 2. The van der Waals surface area contributed by atoms with Gasteiger partial charge in [0.1, 0.15) is 29.5 Å². The zero-order chi connectivity index (χ0) is 27.2. The quantitative estimate of drug-likeness (QED) is 0.438. The average molecular weight is 531 g/mol. The van der Waals surface area contributed by atoms with Gasteiger partial charge >= 0.3 is 5.97 Å². The maximum atomic E-state index is 12.7. The molecule has 0 bridgehead atoms. The Hall–Kier alpha value is -2.23. The van der Waals surface area contributed by atoms with E-state index in [1.165, 1.54) is 18.7 Å². The molecule has 5 atom stereocenters. The number of hydrogen-bond acceptors (Lipinski definition) is 8. The summed E-state index contributed by atoms with van der Waals surface area (Å²) >= 11 is 1.37. The summed E-state index contributed by atoms with van der Waals surface area (Å²) in [5.74, 6) is -0.688. The van der Waals surface area contributed by atoms with Crippen LogP contribution in [0.15, 0.2) is 53.4 Å². The topological polar surface area (TPSA) is 102 Å². The van der Waals surface area contributed by atoms with Crippen LogP contribution in [-0.4, -0.2) is 58.4 Å². The first-order valence-electron chi connectivity index (χ1n) is 12.6. The minimum atomic E-state index is -1.22. The third kappa shape index (κ3) is 8.12. The van der Waals surface area contributed by atoms with Crippen molar-refractivity contribution in [2.24, 2.45) is 0 Å². The van der Waals surface area contributed by atoms with E-state index in [2.05, 4.69) is 32.9 Å². The third-order valence-corrected chi connectivity index (χ3v) is 7.64. The number of carbonyl (C=O) groups is 2. The molecule has 1 fully saturated rings. The first-order valence-corrected chi connectivity index (χ1v) is 13.4. The van der Waals surface area contributed by atoms with Crippen LogP contribution in [0.25, 0.3) is 0 Å². The van der Waals surface area contributed by atoms with Gasteiger partial charge in [0, 0.05) is 11.3 Å². The predicted octanol–water partition coefficient (Wildman–Crippen LogP) is 4.33. The molecule has 0 amide bonds. The van der Waals surface area contributed by atoms with Gasteiger partial charge in [-0.1, -0.05) is 75.0 Å². The number of ketones is 1. The molecule has 202 valence electrons. The standard InChI is InChI=1S/C29H38O7S/c1-18-11-13-21(29(3,4)5)15-23(18)37-28-27(36-24(32)14-12-19(2)31)26(25(33)22(16-30)35-28)34-17-20-9-7-6-8-10-20/h6-11,13,15,22,25-28,30,33H,12,14,16-17H2,1-5H3/t22-,25-,26+,27-,28+/m1/s1. The van der Waals surface area contributed by atoms with Crippen LogP contribution in [0.1, 0.15) is 57.2 Å². The molecule has 1 aliphatic heterocycles. The van der Waals surface area contributed by atoms with Gasteiger partial charge in [-0.2, -0.15) is 0 Å². The first kappa shape index (κ1) is 29.3. The highest BCUT2D eigenvalue weighted by atomic mass is 32.2. The van der Waals surface area contributed by atoms with Gasteiger partial charge < -0.3 is 29.2 Å². The molecule has 1 saturated heterocycles. The molecule has 0 unspecified atom stereocenters. The Morgan fingerprint density at radius 1 is 1.05 bits per heavy atom. The van der Waals surface area contributed by atoms with E-state index in [1.54, 1.807) is 0 Å². The molecule has 1 heterocycles. The van der Waals surface area contributed by atoms with Crippen molar-refractivity contribution in [1.29, 1.82) is 0 Å². The van der Waals surface area contributed by atoms with Crippen molar-refractivity contribution < 1.29 is 34.0 Å². The van der Waals surface area contributed by atoms with Gasteiger partial charge in [0.05, 0.1) is 19.6 Å². The van der Waals surface area contributed by atoms with E-state index in [0.29, 0.717) is 0 Å². The Bertz CT molecular complexity index is 1050. The number of hydrogen-bond donors (Lipinski definition) is 2. The van der Waals surface area contributed by atoms with Crippen molar-refractivity contribution in [1.82, 2.24) is 0 Å². The summed E-state index contributed by atoms with van der Waals surface area (Å²) in [7, 11) is 0. The van der Waals surface area contributed by atoms with Crippen LogP contribution < -0.4 is 0 Å². The largest absolute Gasteiger partial charge is 0.456 e. The van der Waals surface area contributed by atoms with E-state index in [-0.39, 0.29) is 30.6 Å². The summed E-state index contributed by atoms with van der Waals surface area (Å²) < 4.78 is 18.0. The molecule has 0 saturated carbocycles. The Morgan fingerprint density at radius 2 is 1.76 bits per heavy atom. The van der Waals surface area contributed by atoms with E-state index < -0.39 is 42.4 Å². The van der Waals surface area contributed by atoms with Gasteiger partial charge in [-0.3, -0.25) is 4.79 Å². The summed E-state index contributed by atoms with van der Waals surface area (Å²) in [5.41, 5.74) is 2.23. The molecule has 0 radical (unpaired) electrons. The molecule has 1 aliphatic rings. The highest BCUT2D eigenvalue weighted by Gasteiger charge is 2.48. The number of rotatable bonds is 10. The van der Waals surface area contributed by atoms with Gasteiger partial charge in [-0.25, -0.2) is 0 Å². The van der Waals surface area contributed by atoms with Crippen LogP contribution in [0, 0.1) is 6.92 Å². The minimum absolute atomic E-state index is 0.0638. The minimum Gasteiger partial charge on any atom is -0.456 e. The molecule has 2 aromatic carbocycles. The van der Waals surface area contributed by atoms with Crippen LogP contribution in [0.5, 0.6) is 0 Å². The second-order valence-electron chi connectivity index (χ2n) is 10.5. The second-order valence-corrected chi connectivity index (χ2v) is 11.6. The zero-order valence-electron chi connectivity index (χ0n) is 22.2. The molecule has 0 aliphatic carbocycles.